The first kappa shape index (κ1) is 15.5. The summed E-state index contributed by atoms with van der Waals surface area (Å²) in [6.45, 7) is 0.0718. The quantitative estimate of drug-likeness (QED) is 0.835. The molecule has 0 bridgehead atoms. The Kier molecular flexibility index (Phi) is 4.82. The highest BCUT2D eigenvalue weighted by Gasteiger charge is 2.44. The van der Waals surface area contributed by atoms with E-state index in [4.69, 9.17) is 4.74 Å². The molecule has 110 valence electrons. The molecule has 0 heterocycles. The summed E-state index contributed by atoms with van der Waals surface area (Å²) in [5, 5.41) is 0. The van der Waals surface area contributed by atoms with Crippen molar-refractivity contribution < 1.29 is 17.9 Å². The van der Waals surface area contributed by atoms with Crippen LogP contribution in [0.3, 0.4) is 0 Å². The molecule has 2 unspecified atom stereocenters. The summed E-state index contributed by atoms with van der Waals surface area (Å²) >= 11 is 3.38. The van der Waals surface area contributed by atoms with E-state index in [-0.39, 0.29) is 24.2 Å². The summed E-state index contributed by atoms with van der Waals surface area (Å²) in [5.74, 6) is -0.790. The zero-order valence-corrected chi connectivity index (χ0v) is 13.4. The Morgan fingerprint density at radius 3 is 2.90 bits per heavy atom. The lowest BCUT2D eigenvalue weighted by atomic mass is 10.1. The number of hydrogen-bond donors (Lipinski definition) is 1. The number of benzene rings is 1. The third kappa shape index (κ3) is 4.04. The fourth-order valence-corrected chi connectivity index (χ4v) is 3.43. The van der Waals surface area contributed by atoms with Crippen molar-refractivity contribution in [3.05, 3.63) is 34.3 Å². The molecule has 20 heavy (non-hydrogen) atoms. The second-order valence-electron chi connectivity index (χ2n) is 4.78. The number of methoxy groups -OCH3 is 1. The average molecular weight is 362 g/mol. The first-order valence-corrected chi connectivity index (χ1v) is 8.66. The van der Waals surface area contributed by atoms with Crippen LogP contribution in [0.25, 0.3) is 0 Å². The van der Waals surface area contributed by atoms with Crippen LogP contribution >= 0.6 is 15.9 Å². The van der Waals surface area contributed by atoms with Crippen LogP contribution in [0.5, 0.6) is 0 Å². The maximum atomic E-state index is 11.9. The van der Waals surface area contributed by atoms with E-state index in [0.29, 0.717) is 6.42 Å². The van der Waals surface area contributed by atoms with Crippen LogP contribution in [0.4, 0.5) is 0 Å². The predicted octanol–water partition coefficient (Wildman–Crippen LogP) is 1.64. The van der Waals surface area contributed by atoms with Crippen molar-refractivity contribution in [2.75, 3.05) is 19.5 Å². The number of amides is 1. The van der Waals surface area contributed by atoms with Gasteiger partial charge in [0.1, 0.15) is 0 Å². The summed E-state index contributed by atoms with van der Waals surface area (Å²) in [6.07, 6.45) is 0.683. The first-order valence-electron chi connectivity index (χ1n) is 6.21. The molecule has 1 fully saturated rings. The number of ether oxygens (including phenoxy) is 1. The Labute approximate surface area is 126 Å². The Morgan fingerprint density at radius 1 is 1.50 bits per heavy atom. The zero-order valence-electron chi connectivity index (χ0n) is 11.0. The van der Waals surface area contributed by atoms with Crippen molar-refractivity contribution in [1.82, 2.24) is 4.72 Å². The summed E-state index contributed by atoms with van der Waals surface area (Å²) in [7, 11) is -2.18. The normalized spacial score (nSPS) is 21.5. The summed E-state index contributed by atoms with van der Waals surface area (Å²) < 4.78 is 31.0. The number of nitrogens with one attached hydrogen (secondary N) is 1. The Bertz CT molecular complexity index is 602. The van der Waals surface area contributed by atoms with Crippen molar-refractivity contribution in [3.63, 3.8) is 0 Å². The lowest BCUT2D eigenvalue weighted by molar-refractivity contribution is -0.120. The molecule has 0 spiro atoms. The number of hydrogen-bond acceptors (Lipinski definition) is 4. The van der Waals surface area contributed by atoms with Gasteiger partial charge in [-0.15, -0.1) is 0 Å². The van der Waals surface area contributed by atoms with Crippen LogP contribution in [0.15, 0.2) is 28.7 Å². The van der Waals surface area contributed by atoms with Gasteiger partial charge in [-0.05, 0) is 30.0 Å². The molecular formula is C13H16BrNO4S. The molecule has 1 N–H and O–H groups in total. The van der Waals surface area contributed by atoms with Crippen LogP contribution < -0.4 is 4.72 Å². The molecule has 0 aromatic heterocycles. The van der Waals surface area contributed by atoms with Crippen LogP contribution in [0.1, 0.15) is 17.9 Å². The molecule has 2 rings (SSSR count). The molecule has 1 amide bonds. The third-order valence-corrected chi connectivity index (χ3v) is 4.93. The van der Waals surface area contributed by atoms with Crippen LogP contribution in [-0.4, -0.2) is 33.8 Å². The van der Waals surface area contributed by atoms with E-state index < -0.39 is 15.9 Å². The molecule has 7 heteroatoms. The van der Waals surface area contributed by atoms with Gasteiger partial charge in [-0.3, -0.25) is 9.52 Å². The van der Waals surface area contributed by atoms with Crippen molar-refractivity contribution in [2.24, 2.45) is 5.92 Å². The van der Waals surface area contributed by atoms with Gasteiger partial charge in [0.15, 0.2) is 0 Å². The SMILES string of the molecule is COCCS(=O)(=O)NC(=O)C1CC1c1cccc(Br)c1. The van der Waals surface area contributed by atoms with E-state index in [0.717, 1.165) is 10.0 Å². The zero-order chi connectivity index (χ0) is 14.8. The van der Waals surface area contributed by atoms with Gasteiger partial charge in [-0.2, -0.15) is 0 Å². The smallest absolute Gasteiger partial charge is 0.237 e. The lowest BCUT2D eigenvalue weighted by Gasteiger charge is -2.06. The Hall–Kier alpha value is -0.920. The topological polar surface area (TPSA) is 72.5 Å². The molecule has 1 aliphatic rings. The van der Waals surface area contributed by atoms with Gasteiger partial charge in [-0.25, -0.2) is 8.42 Å². The van der Waals surface area contributed by atoms with Crippen molar-refractivity contribution in [2.45, 2.75) is 12.3 Å². The molecule has 1 aromatic rings. The lowest BCUT2D eigenvalue weighted by Crippen LogP contribution is -2.35. The maximum absolute atomic E-state index is 11.9. The van der Waals surface area contributed by atoms with Crippen LogP contribution in [0, 0.1) is 5.92 Å². The molecule has 0 radical (unpaired) electrons. The van der Waals surface area contributed by atoms with Gasteiger partial charge in [0.2, 0.25) is 15.9 Å². The van der Waals surface area contributed by atoms with E-state index in [2.05, 4.69) is 20.7 Å². The summed E-state index contributed by atoms with van der Waals surface area (Å²) in [6, 6.07) is 7.72. The first-order chi connectivity index (χ1) is 9.43. The molecule has 2 atom stereocenters. The average Bonchev–Trinajstić information content (AvgIpc) is 3.16. The largest absolute Gasteiger partial charge is 0.384 e. The predicted molar refractivity (Wildman–Crippen MR) is 78.8 cm³/mol. The highest BCUT2D eigenvalue weighted by Crippen LogP contribution is 2.48. The highest BCUT2D eigenvalue weighted by molar-refractivity contribution is 9.10. The third-order valence-electron chi connectivity index (χ3n) is 3.22. The minimum Gasteiger partial charge on any atom is -0.384 e. The molecule has 1 aliphatic carbocycles. The Morgan fingerprint density at radius 2 is 2.25 bits per heavy atom. The molecule has 1 saturated carbocycles. The van der Waals surface area contributed by atoms with Gasteiger partial charge in [0, 0.05) is 17.5 Å². The van der Waals surface area contributed by atoms with Crippen molar-refractivity contribution in [3.8, 4) is 0 Å². The fourth-order valence-electron chi connectivity index (χ4n) is 2.06. The highest BCUT2D eigenvalue weighted by atomic mass is 79.9. The minimum absolute atomic E-state index is 0.0718. The number of sulfonamides is 1. The number of halogens is 1. The van der Waals surface area contributed by atoms with Gasteiger partial charge in [0.25, 0.3) is 0 Å². The summed E-state index contributed by atoms with van der Waals surface area (Å²) in [4.78, 5) is 11.9. The standard InChI is InChI=1S/C13H16BrNO4S/c1-19-5-6-20(17,18)15-13(16)12-8-11(12)9-3-2-4-10(14)7-9/h2-4,7,11-12H,5-6,8H2,1H3,(H,15,16). The van der Waals surface area contributed by atoms with Gasteiger partial charge < -0.3 is 4.74 Å². The maximum Gasteiger partial charge on any atom is 0.237 e. The summed E-state index contributed by atoms with van der Waals surface area (Å²) in [5.41, 5.74) is 1.05. The van der Waals surface area contributed by atoms with Crippen molar-refractivity contribution in [1.29, 1.82) is 0 Å². The molecular weight excluding hydrogens is 346 g/mol. The van der Waals surface area contributed by atoms with Crippen LogP contribution in [-0.2, 0) is 19.6 Å². The van der Waals surface area contributed by atoms with Gasteiger partial charge in [0.05, 0.1) is 12.4 Å². The fraction of sp³-hybridized carbons (Fsp3) is 0.462. The second kappa shape index (κ2) is 6.24. The second-order valence-corrected chi connectivity index (χ2v) is 7.54. The van der Waals surface area contributed by atoms with E-state index >= 15 is 0 Å². The molecule has 0 aliphatic heterocycles. The minimum atomic E-state index is -3.60. The molecule has 5 nitrogen and oxygen atoms in total. The monoisotopic (exact) mass is 361 g/mol. The molecule has 0 saturated heterocycles. The van der Waals surface area contributed by atoms with Gasteiger partial charge in [-0.1, -0.05) is 28.1 Å². The number of carbonyl (C=O) groups is 1. The molecule has 1 aromatic carbocycles. The van der Waals surface area contributed by atoms with Crippen molar-refractivity contribution >= 4 is 31.9 Å². The number of carbonyl (C=O) groups excluding carboxylic acids is 1. The van der Waals surface area contributed by atoms with E-state index in [1.54, 1.807) is 0 Å². The Balaban J connectivity index is 1.93. The van der Waals surface area contributed by atoms with E-state index in [1.807, 2.05) is 24.3 Å². The number of rotatable bonds is 6. The van der Waals surface area contributed by atoms with E-state index in [9.17, 15) is 13.2 Å². The van der Waals surface area contributed by atoms with Gasteiger partial charge >= 0.3 is 0 Å². The van der Waals surface area contributed by atoms with E-state index in [1.165, 1.54) is 7.11 Å². The van der Waals surface area contributed by atoms with Crippen LogP contribution in [0.2, 0.25) is 0 Å².